The second kappa shape index (κ2) is 9.27. The number of hydrogen-bond donors (Lipinski definition) is 1. The van der Waals surface area contributed by atoms with Gasteiger partial charge in [-0.3, -0.25) is 14.5 Å². The van der Waals surface area contributed by atoms with Crippen LogP contribution in [0, 0.1) is 5.92 Å². The minimum Gasteiger partial charge on any atom is -0.497 e. The first kappa shape index (κ1) is 18.3. The van der Waals surface area contributed by atoms with Crippen molar-refractivity contribution in [3.05, 3.63) is 29.8 Å². The lowest BCUT2D eigenvalue weighted by atomic mass is 9.97. The fraction of sp³-hybridized carbons (Fsp3) is 0.556. The highest BCUT2D eigenvalue weighted by molar-refractivity contribution is 5.78. The van der Waals surface area contributed by atoms with E-state index in [-0.39, 0.29) is 17.8 Å². The first-order valence-corrected chi connectivity index (χ1v) is 8.41. The van der Waals surface area contributed by atoms with E-state index in [0.29, 0.717) is 19.7 Å². The van der Waals surface area contributed by atoms with Gasteiger partial charge in [0.05, 0.1) is 26.2 Å². The maximum Gasteiger partial charge on any atom is 0.309 e. The zero-order valence-corrected chi connectivity index (χ0v) is 14.4. The number of benzene rings is 1. The van der Waals surface area contributed by atoms with Gasteiger partial charge < -0.3 is 14.8 Å². The molecule has 132 valence electrons. The maximum absolute atomic E-state index is 12.1. The van der Waals surface area contributed by atoms with Gasteiger partial charge in [0.15, 0.2) is 0 Å². The SMILES string of the molecule is CCOC(=O)C1CCN(CC(=O)NCc2cccc(OC)c2)CC1. The summed E-state index contributed by atoms with van der Waals surface area (Å²) in [6.45, 7) is 4.58. The molecule has 0 aromatic heterocycles. The van der Waals surface area contributed by atoms with Crippen molar-refractivity contribution < 1.29 is 19.1 Å². The minimum atomic E-state index is -0.111. The summed E-state index contributed by atoms with van der Waals surface area (Å²) in [6.07, 6.45) is 1.50. The highest BCUT2D eigenvalue weighted by atomic mass is 16.5. The Kier molecular flexibility index (Phi) is 7.06. The standard InChI is InChI=1S/C18H26N2O4/c1-3-24-18(22)15-7-9-20(10-8-15)13-17(21)19-12-14-5-4-6-16(11-14)23-2/h4-6,11,15H,3,7-10,12-13H2,1-2H3,(H,19,21). The predicted octanol–water partition coefficient (Wildman–Crippen LogP) is 1.59. The van der Waals surface area contributed by atoms with E-state index in [1.807, 2.05) is 31.2 Å². The third-order valence-corrected chi connectivity index (χ3v) is 4.20. The van der Waals surface area contributed by atoms with E-state index in [1.54, 1.807) is 7.11 Å². The molecule has 0 radical (unpaired) electrons. The fourth-order valence-corrected chi connectivity index (χ4v) is 2.83. The summed E-state index contributed by atoms with van der Waals surface area (Å²) in [5.41, 5.74) is 1.00. The highest BCUT2D eigenvalue weighted by Crippen LogP contribution is 2.18. The van der Waals surface area contributed by atoms with E-state index in [4.69, 9.17) is 9.47 Å². The Labute approximate surface area is 143 Å². The van der Waals surface area contributed by atoms with Crippen molar-refractivity contribution in [2.24, 2.45) is 5.92 Å². The largest absolute Gasteiger partial charge is 0.497 e. The van der Waals surface area contributed by atoms with Crippen LogP contribution in [0.15, 0.2) is 24.3 Å². The third kappa shape index (κ3) is 5.53. The summed E-state index contributed by atoms with van der Waals surface area (Å²) in [4.78, 5) is 25.9. The van der Waals surface area contributed by atoms with E-state index in [0.717, 1.165) is 37.2 Å². The zero-order valence-electron chi connectivity index (χ0n) is 14.4. The molecule has 1 aromatic rings. The van der Waals surface area contributed by atoms with Crippen LogP contribution in [0.2, 0.25) is 0 Å². The van der Waals surface area contributed by atoms with Gasteiger partial charge >= 0.3 is 5.97 Å². The van der Waals surface area contributed by atoms with Crippen LogP contribution in [0.4, 0.5) is 0 Å². The third-order valence-electron chi connectivity index (χ3n) is 4.20. The molecule has 6 heteroatoms. The molecule has 1 aliphatic heterocycles. The summed E-state index contributed by atoms with van der Waals surface area (Å²) >= 11 is 0. The molecule has 1 N–H and O–H groups in total. The zero-order chi connectivity index (χ0) is 17.4. The molecule has 1 heterocycles. The van der Waals surface area contributed by atoms with E-state index < -0.39 is 0 Å². The van der Waals surface area contributed by atoms with Gasteiger partial charge in [-0.15, -0.1) is 0 Å². The van der Waals surface area contributed by atoms with Crippen LogP contribution >= 0.6 is 0 Å². The number of methoxy groups -OCH3 is 1. The van der Waals surface area contributed by atoms with Crippen LogP contribution in [0.1, 0.15) is 25.3 Å². The first-order valence-electron chi connectivity index (χ1n) is 8.41. The minimum absolute atomic E-state index is 0.00703. The van der Waals surface area contributed by atoms with Gasteiger partial charge in [0, 0.05) is 6.54 Å². The molecule has 0 aliphatic carbocycles. The molecular formula is C18H26N2O4. The number of carbonyl (C=O) groups excluding carboxylic acids is 2. The van der Waals surface area contributed by atoms with Crippen molar-refractivity contribution in [3.63, 3.8) is 0 Å². The van der Waals surface area contributed by atoms with Crippen molar-refractivity contribution in [2.45, 2.75) is 26.3 Å². The van der Waals surface area contributed by atoms with E-state index >= 15 is 0 Å². The first-order chi connectivity index (χ1) is 11.6. The molecule has 0 unspecified atom stereocenters. The molecule has 0 spiro atoms. The topological polar surface area (TPSA) is 67.9 Å². The summed E-state index contributed by atoms with van der Waals surface area (Å²) in [5, 5.41) is 2.92. The molecular weight excluding hydrogens is 308 g/mol. The summed E-state index contributed by atoms with van der Waals surface area (Å²) < 4.78 is 10.2. The Morgan fingerprint density at radius 1 is 1.29 bits per heavy atom. The van der Waals surface area contributed by atoms with E-state index in [9.17, 15) is 9.59 Å². The lowest BCUT2D eigenvalue weighted by Gasteiger charge is -2.30. The quantitative estimate of drug-likeness (QED) is 0.767. The monoisotopic (exact) mass is 334 g/mol. The average Bonchev–Trinajstić information content (AvgIpc) is 2.61. The van der Waals surface area contributed by atoms with Crippen molar-refractivity contribution in [3.8, 4) is 5.75 Å². The molecule has 1 fully saturated rings. The van der Waals surface area contributed by atoms with Crippen LogP contribution in [0.3, 0.4) is 0 Å². The van der Waals surface area contributed by atoms with Crippen LogP contribution in [-0.4, -0.2) is 50.1 Å². The second-order valence-corrected chi connectivity index (χ2v) is 5.93. The van der Waals surface area contributed by atoms with Gasteiger partial charge in [-0.25, -0.2) is 0 Å². The van der Waals surface area contributed by atoms with Gasteiger partial charge in [-0.2, -0.15) is 0 Å². The van der Waals surface area contributed by atoms with Crippen LogP contribution in [0.25, 0.3) is 0 Å². The molecule has 1 saturated heterocycles. The Morgan fingerprint density at radius 2 is 2.04 bits per heavy atom. The maximum atomic E-state index is 12.1. The number of esters is 1. The smallest absolute Gasteiger partial charge is 0.309 e. The molecule has 1 aromatic carbocycles. The lowest BCUT2D eigenvalue weighted by molar-refractivity contribution is -0.149. The number of hydrogen-bond acceptors (Lipinski definition) is 5. The Bertz CT molecular complexity index is 554. The number of nitrogens with zero attached hydrogens (tertiary/aromatic N) is 1. The number of rotatable bonds is 7. The van der Waals surface area contributed by atoms with Gasteiger partial charge in [0.2, 0.25) is 5.91 Å². The van der Waals surface area contributed by atoms with Crippen LogP contribution < -0.4 is 10.1 Å². The van der Waals surface area contributed by atoms with Gasteiger partial charge in [0.25, 0.3) is 0 Å². The number of amides is 1. The van der Waals surface area contributed by atoms with Gasteiger partial charge in [0.1, 0.15) is 5.75 Å². The van der Waals surface area contributed by atoms with Crippen molar-refractivity contribution in [1.82, 2.24) is 10.2 Å². The number of likely N-dealkylation sites (tertiary alicyclic amines) is 1. The predicted molar refractivity (Wildman–Crippen MR) is 90.6 cm³/mol. The molecule has 6 nitrogen and oxygen atoms in total. The van der Waals surface area contributed by atoms with Crippen LogP contribution in [-0.2, 0) is 20.9 Å². The molecule has 0 saturated carbocycles. The molecule has 2 rings (SSSR count). The highest BCUT2D eigenvalue weighted by Gasteiger charge is 2.26. The van der Waals surface area contributed by atoms with Gasteiger partial charge in [-0.05, 0) is 50.6 Å². The summed E-state index contributed by atoms with van der Waals surface area (Å²) in [7, 11) is 1.62. The number of carbonyl (C=O) groups is 2. The molecule has 1 aliphatic rings. The number of piperidine rings is 1. The Hall–Kier alpha value is -2.08. The van der Waals surface area contributed by atoms with E-state index in [2.05, 4.69) is 10.2 Å². The van der Waals surface area contributed by atoms with Crippen molar-refractivity contribution in [1.29, 1.82) is 0 Å². The molecule has 1 amide bonds. The normalized spacial score (nSPS) is 15.8. The fourth-order valence-electron chi connectivity index (χ4n) is 2.83. The average molecular weight is 334 g/mol. The summed E-state index contributed by atoms with van der Waals surface area (Å²) in [6, 6.07) is 7.64. The van der Waals surface area contributed by atoms with Crippen molar-refractivity contribution in [2.75, 3.05) is 33.4 Å². The van der Waals surface area contributed by atoms with Crippen molar-refractivity contribution >= 4 is 11.9 Å². The second-order valence-electron chi connectivity index (χ2n) is 5.93. The van der Waals surface area contributed by atoms with Crippen LogP contribution in [0.5, 0.6) is 5.75 Å². The summed E-state index contributed by atoms with van der Waals surface area (Å²) in [5.74, 6) is 0.635. The number of ether oxygens (including phenoxy) is 2. The van der Waals surface area contributed by atoms with E-state index in [1.165, 1.54) is 0 Å². The van der Waals surface area contributed by atoms with Gasteiger partial charge in [-0.1, -0.05) is 12.1 Å². The molecule has 24 heavy (non-hydrogen) atoms. The molecule has 0 bridgehead atoms. The molecule has 0 atom stereocenters. The lowest BCUT2D eigenvalue weighted by Crippen LogP contribution is -2.42. The number of nitrogens with one attached hydrogen (secondary N) is 1. The Balaban J connectivity index is 1.70. The Morgan fingerprint density at radius 3 is 2.71 bits per heavy atom.